The third-order valence-electron chi connectivity index (χ3n) is 2.97. The summed E-state index contributed by atoms with van der Waals surface area (Å²) in [5.41, 5.74) is -0.382. The van der Waals surface area contributed by atoms with Gasteiger partial charge in [0.1, 0.15) is 6.54 Å². The number of alkyl halides is 3. The van der Waals surface area contributed by atoms with Gasteiger partial charge in [0, 0.05) is 13.0 Å². The van der Waals surface area contributed by atoms with Crippen LogP contribution in [0.5, 0.6) is 0 Å². The number of rotatable bonds is 5. The van der Waals surface area contributed by atoms with E-state index in [1.807, 2.05) is 0 Å². The van der Waals surface area contributed by atoms with Gasteiger partial charge in [-0.25, -0.2) is 0 Å². The molecule has 116 valence electrons. The average Bonchev–Trinajstić information content (AvgIpc) is 2.36. The van der Waals surface area contributed by atoms with Gasteiger partial charge in [-0.2, -0.15) is 13.2 Å². The fourth-order valence-electron chi connectivity index (χ4n) is 1.97. The molecule has 0 saturated carbocycles. The number of aliphatic carboxylic acids is 1. The number of amides is 1. The molecule has 1 amide bonds. The van der Waals surface area contributed by atoms with Crippen molar-refractivity contribution in [2.24, 2.45) is 5.92 Å². The Morgan fingerprint density at radius 3 is 2.48 bits per heavy atom. The number of benzene rings is 1. The first-order valence-corrected chi connectivity index (χ1v) is 6.24. The zero-order chi connectivity index (χ0) is 16.2. The fraction of sp³-hybridized carbons (Fsp3) is 0.429. The highest BCUT2D eigenvalue weighted by Crippen LogP contribution is 2.30. The van der Waals surface area contributed by atoms with E-state index < -0.39 is 36.1 Å². The molecule has 4 nitrogen and oxygen atoms in total. The second kappa shape index (κ2) is 6.60. The summed E-state index contributed by atoms with van der Waals surface area (Å²) in [7, 11) is 1.35. The normalized spacial score (nSPS) is 12.8. The second-order valence-electron chi connectivity index (χ2n) is 4.89. The van der Waals surface area contributed by atoms with E-state index in [1.54, 1.807) is 6.92 Å². The predicted molar refractivity (Wildman–Crippen MR) is 69.6 cm³/mol. The minimum absolute atomic E-state index is 0.118. The van der Waals surface area contributed by atoms with E-state index in [-0.39, 0.29) is 6.42 Å². The van der Waals surface area contributed by atoms with Gasteiger partial charge in [0.15, 0.2) is 0 Å². The standard InChI is InChI=1S/C14H16F3NO3/c1-9(13(21)18(2)8-12(19)20)6-10-4-3-5-11(7-10)14(15,16)17/h3-5,7,9H,6,8H2,1-2H3,(H,19,20). The minimum Gasteiger partial charge on any atom is -0.480 e. The summed E-state index contributed by atoms with van der Waals surface area (Å²) in [6, 6.07) is 4.76. The van der Waals surface area contributed by atoms with Gasteiger partial charge in [0.25, 0.3) is 0 Å². The average molecular weight is 303 g/mol. The number of likely N-dealkylation sites (N-methyl/N-ethyl adjacent to an activating group) is 1. The smallest absolute Gasteiger partial charge is 0.416 e. The summed E-state index contributed by atoms with van der Waals surface area (Å²) >= 11 is 0. The van der Waals surface area contributed by atoms with Gasteiger partial charge in [0.05, 0.1) is 5.56 Å². The quantitative estimate of drug-likeness (QED) is 0.909. The number of carboxylic acids is 1. The number of halogens is 3. The van der Waals surface area contributed by atoms with Gasteiger partial charge in [-0.3, -0.25) is 9.59 Å². The van der Waals surface area contributed by atoms with Crippen LogP contribution >= 0.6 is 0 Å². The van der Waals surface area contributed by atoms with Crippen molar-refractivity contribution in [2.75, 3.05) is 13.6 Å². The van der Waals surface area contributed by atoms with Gasteiger partial charge >= 0.3 is 12.1 Å². The molecule has 1 rings (SSSR count). The Hall–Kier alpha value is -2.05. The maximum absolute atomic E-state index is 12.6. The molecule has 1 aromatic carbocycles. The highest BCUT2D eigenvalue weighted by atomic mass is 19.4. The van der Waals surface area contributed by atoms with Crippen molar-refractivity contribution in [3.8, 4) is 0 Å². The minimum atomic E-state index is -4.43. The van der Waals surface area contributed by atoms with Crippen LogP contribution in [-0.2, 0) is 22.2 Å². The molecular weight excluding hydrogens is 287 g/mol. The van der Waals surface area contributed by atoms with E-state index in [4.69, 9.17) is 5.11 Å². The van der Waals surface area contributed by atoms with Crippen molar-refractivity contribution in [1.29, 1.82) is 0 Å². The lowest BCUT2D eigenvalue weighted by Gasteiger charge is -2.20. The molecule has 0 heterocycles. The predicted octanol–water partition coefficient (Wildman–Crippen LogP) is 2.43. The monoisotopic (exact) mass is 303 g/mol. The molecule has 0 radical (unpaired) electrons. The third-order valence-corrected chi connectivity index (χ3v) is 2.97. The molecule has 0 bridgehead atoms. The molecule has 1 unspecified atom stereocenters. The summed E-state index contributed by atoms with van der Waals surface area (Å²) in [6.45, 7) is 1.12. The number of carbonyl (C=O) groups excluding carboxylic acids is 1. The van der Waals surface area contributed by atoms with Gasteiger partial charge in [0.2, 0.25) is 5.91 Å². The highest BCUT2D eigenvalue weighted by molar-refractivity contribution is 5.82. The molecule has 1 aromatic rings. The Kier molecular flexibility index (Phi) is 5.34. The molecular formula is C14H16F3NO3. The van der Waals surface area contributed by atoms with Crippen LogP contribution in [0.3, 0.4) is 0 Å². The maximum Gasteiger partial charge on any atom is 0.416 e. The summed E-state index contributed by atoms with van der Waals surface area (Å²) in [5, 5.41) is 8.61. The largest absolute Gasteiger partial charge is 0.480 e. The first-order valence-electron chi connectivity index (χ1n) is 6.24. The Bertz CT molecular complexity index is 528. The molecule has 0 saturated heterocycles. The Labute approximate surface area is 120 Å². The van der Waals surface area contributed by atoms with Crippen molar-refractivity contribution in [2.45, 2.75) is 19.5 Å². The number of nitrogens with zero attached hydrogens (tertiary/aromatic N) is 1. The summed E-state index contributed by atoms with van der Waals surface area (Å²) < 4.78 is 37.8. The zero-order valence-corrected chi connectivity index (χ0v) is 11.6. The Balaban J connectivity index is 2.77. The van der Waals surface area contributed by atoms with Crippen LogP contribution in [0.25, 0.3) is 0 Å². The first kappa shape index (κ1) is 17.0. The van der Waals surface area contributed by atoms with Crippen LogP contribution in [0.4, 0.5) is 13.2 Å². The Morgan fingerprint density at radius 1 is 1.33 bits per heavy atom. The zero-order valence-electron chi connectivity index (χ0n) is 11.6. The highest BCUT2D eigenvalue weighted by Gasteiger charge is 2.30. The van der Waals surface area contributed by atoms with Crippen molar-refractivity contribution >= 4 is 11.9 Å². The number of hydrogen-bond donors (Lipinski definition) is 1. The molecule has 1 atom stereocenters. The van der Waals surface area contributed by atoms with Crippen LogP contribution in [0.2, 0.25) is 0 Å². The van der Waals surface area contributed by atoms with E-state index in [0.29, 0.717) is 5.56 Å². The molecule has 7 heteroatoms. The van der Waals surface area contributed by atoms with Crippen LogP contribution in [0, 0.1) is 5.92 Å². The van der Waals surface area contributed by atoms with Crippen LogP contribution in [0.1, 0.15) is 18.1 Å². The fourth-order valence-corrected chi connectivity index (χ4v) is 1.97. The first-order chi connectivity index (χ1) is 9.61. The van der Waals surface area contributed by atoms with Gasteiger partial charge in [-0.15, -0.1) is 0 Å². The lowest BCUT2D eigenvalue weighted by molar-refractivity contribution is -0.144. The maximum atomic E-state index is 12.6. The van der Waals surface area contributed by atoms with Crippen LogP contribution in [-0.4, -0.2) is 35.5 Å². The lowest BCUT2D eigenvalue weighted by atomic mass is 9.98. The van der Waals surface area contributed by atoms with E-state index in [9.17, 15) is 22.8 Å². The van der Waals surface area contributed by atoms with Gasteiger partial charge in [-0.1, -0.05) is 25.1 Å². The molecule has 1 N–H and O–H groups in total. The SMILES string of the molecule is CC(Cc1cccc(C(F)(F)F)c1)C(=O)N(C)CC(=O)O. The van der Waals surface area contributed by atoms with Crippen molar-refractivity contribution in [3.63, 3.8) is 0 Å². The molecule has 0 fully saturated rings. The van der Waals surface area contributed by atoms with Crippen molar-refractivity contribution in [1.82, 2.24) is 4.90 Å². The van der Waals surface area contributed by atoms with Gasteiger partial charge in [-0.05, 0) is 18.1 Å². The number of hydrogen-bond acceptors (Lipinski definition) is 2. The van der Waals surface area contributed by atoms with E-state index in [0.717, 1.165) is 17.0 Å². The molecule has 0 aliphatic rings. The molecule has 0 aliphatic heterocycles. The second-order valence-corrected chi connectivity index (χ2v) is 4.89. The molecule has 0 aliphatic carbocycles. The number of carboxylic acid groups (broad SMARTS) is 1. The summed E-state index contributed by atoms with van der Waals surface area (Å²) in [4.78, 5) is 23.5. The topological polar surface area (TPSA) is 57.6 Å². The van der Waals surface area contributed by atoms with E-state index in [1.165, 1.54) is 19.2 Å². The van der Waals surface area contributed by atoms with Crippen molar-refractivity contribution < 1.29 is 27.9 Å². The van der Waals surface area contributed by atoms with Crippen LogP contribution in [0.15, 0.2) is 24.3 Å². The number of carbonyl (C=O) groups is 2. The molecule has 0 aromatic heterocycles. The van der Waals surface area contributed by atoms with E-state index >= 15 is 0 Å². The molecule has 21 heavy (non-hydrogen) atoms. The van der Waals surface area contributed by atoms with Crippen molar-refractivity contribution in [3.05, 3.63) is 35.4 Å². The van der Waals surface area contributed by atoms with Crippen LogP contribution < -0.4 is 0 Å². The van der Waals surface area contributed by atoms with Gasteiger partial charge < -0.3 is 10.0 Å². The van der Waals surface area contributed by atoms with E-state index in [2.05, 4.69) is 0 Å². The Morgan fingerprint density at radius 2 is 1.95 bits per heavy atom. The summed E-state index contributed by atoms with van der Waals surface area (Å²) in [6.07, 6.45) is -4.31. The third kappa shape index (κ3) is 5.09. The molecule has 0 spiro atoms. The summed E-state index contributed by atoms with van der Waals surface area (Å²) in [5.74, 6) is -2.16. The lowest BCUT2D eigenvalue weighted by Crippen LogP contribution is -2.36.